The van der Waals surface area contributed by atoms with Crippen molar-refractivity contribution < 1.29 is 5.11 Å². The van der Waals surface area contributed by atoms with Crippen molar-refractivity contribution in [2.24, 2.45) is 5.73 Å². The third-order valence-electron chi connectivity index (χ3n) is 4.15. The fourth-order valence-electron chi connectivity index (χ4n) is 3.35. The van der Waals surface area contributed by atoms with Gasteiger partial charge in [0.1, 0.15) is 0 Å². The van der Waals surface area contributed by atoms with Crippen LogP contribution in [0.5, 0.6) is 0 Å². The Morgan fingerprint density at radius 2 is 1.89 bits per heavy atom. The lowest BCUT2D eigenvalue weighted by Gasteiger charge is -2.38. The fourth-order valence-corrected chi connectivity index (χ4v) is 3.35. The highest BCUT2D eigenvalue weighted by Crippen LogP contribution is 2.32. The lowest BCUT2D eigenvalue weighted by molar-refractivity contribution is 0.0922. The lowest BCUT2D eigenvalue weighted by atomic mass is 9.97. The monoisotopic (exact) mass is 262 g/mol. The van der Waals surface area contributed by atoms with E-state index in [1.54, 1.807) is 0 Å². The molecular formula is C16H26N2O. The molecule has 1 saturated carbocycles. The van der Waals surface area contributed by atoms with Crippen molar-refractivity contribution in [2.45, 2.75) is 50.7 Å². The molecule has 1 aromatic carbocycles. The molecule has 0 spiro atoms. The number of hydrogen-bond donors (Lipinski definition) is 2. The van der Waals surface area contributed by atoms with Crippen LogP contribution in [-0.2, 0) is 0 Å². The zero-order valence-electron chi connectivity index (χ0n) is 11.8. The van der Waals surface area contributed by atoms with Crippen LogP contribution in [0.4, 0.5) is 0 Å². The topological polar surface area (TPSA) is 49.5 Å². The second kappa shape index (κ2) is 7.04. The largest absolute Gasteiger partial charge is 0.395 e. The Hall–Kier alpha value is -0.900. The van der Waals surface area contributed by atoms with Crippen LogP contribution in [0.1, 0.15) is 44.2 Å². The number of benzene rings is 1. The summed E-state index contributed by atoms with van der Waals surface area (Å²) in [6.07, 6.45) is 5.06. The van der Waals surface area contributed by atoms with Gasteiger partial charge in [0.05, 0.1) is 6.61 Å². The second-order valence-electron chi connectivity index (χ2n) is 5.61. The predicted molar refractivity (Wildman–Crippen MR) is 78.9 cm³/mol. The molecule has 2 rings (SSSR count). The van der Waals surface area contributed by atoms with Crippen molar-refractivity contribution in [1.29, 1.82) is 0 Å². The number of hydrogen-bond acceptors (Lipinski definition) is 3. The Kier molecular flexibility index (Phi) is 5.37. The Bertz CT molecular complexity index is 360. The zero-order chi connectivity index (χ0) is 13.7. The normalized spacial score (nSPS) is 19.8. The quantitative estimate of drug-likeness (QED) is 0.827. The summed E-state index contributed by atoms with van der Waals surface area (Å²) in [4.78, 5) is 2.42. The SMILES string of the molecule is CC(N)C(c1ccccc1)N(CCO)C1CCCC1. The van der Waals surface area contributed by atoms with Gasteiger partial charge in [0.15, 0.2) is 0 Å². The van der Waals surface area contributed by atoms with Crippen LogP contribution in [0.3, 0.4) is 0 Å². The molecule has 0 radical (unpaired) electrons. The van der Waals surface area contributed by atoms with E-state index in [0.717, 1.165) is 0 Å². The van der Waals surface area contributed by atoms with Gasteiger partial charge >= 0.3 is 0 Å². The van der Waals surface area contributed by atoms with Crippen LogP contribution >= 0.6 is 0 Å². The molecule has 2 unspecified atom stereocenters. The lowest BCUT2D eigenvalue weighted by Crippen LogP contribution is -2.45. The van der Waals surface area contributed by atoms with Crippen LogP contribution in [0.2, 0.25) is 0 Å². The first-order chi connectivity index (χ1) is 9.24. The van der Waals surface area contributed by atoms with Crippen LogP contribution in [0, 0.1) is 0 Å². The van der Waals surface area contributed by atoms with E-state index in [1.807, 2.05) is 6.07 Å². The summed E-state index contributed by atoms with van der Waals surface area (Å²) in [6.45, 7) is 2.98. The zero-order valence-corrected chi connectivity index (χ0v) is 11.8. The fraction of sp³-hybridized carbons (Fsp3) is 0.625. The van der Waals surface area contributed by atoms with Crippen LogP contribution in [0.15, 0.2) is 30.3 Å². The van der Waals surface area contributed by atoms with Gasteiger partial charge in [-0.05, 0) is 25.3 Å². The molecule has 3 N–H and O–H groups in total. The van der Waals surface area contributed by atoms with Crippen molar-refractivity contribution in [2.75, 3.05) is 13.2 Å². The van der Waals surface area contributed by atoms with Gasteiger partial charge < -0.3 is 10.8 Å². The third-order valence-corrected chi connectivity index (χ3v) is 4.15. The maximum absolute atomic E-state index is 9.39. The maximum Gasteiger partial charge on any atom is 0.0558 e. The number of aliphatic hydroxyl groups is 1. The number of nitrogens with two attached hydrogens (primary N) is 1. The minimum atomic E-state index is 0.0644. The van der Waals surface area contributed by atoms with Crippen molar-refractivity contribution in [3.63, 3.8) is 0 Å². The molecule has 0 heterocycles. The highest BCUT2D eigenvalue weighted by molar-refractivity contribution is 5.21. The smallest absolute Gasteiger partial charge is 0.0558 e. The molecule has 0 saturated heterocycles. The molecule has 2 atom stereocenters. The van der Waals surface area contributed by atoms with Gasteiger partial charge in [-0.2, -0.15) is 0 Å². The van der Waals surface area contributed by atoms with E-state index in [0.29, 0.717) is 12.6 Å². The molecule has 0 bridgehead atoms. The molecule has 1 aliphatic carbocycles. The number of nitrogens with zero attached hydrogens (tertiary/aromatic N) is 1. The summed E-state index contributed by atoms with van der Waals surface area (Å²) >= 11 is 0. The first kappa shape index (κ1) is 14.5. The van der Waals surface area contributed by atoms with Gasteiger partial charge in [0.25, 0.3) is 0 Å². The van der Waals surface area contributed by atoms with Crippen molar-refractivity contribution in [3.05, 3.63) is 35.9 Å². The predicted octanol–water partition coefficient (Wildman–Crippen LogP) is 2.31. The molecule has 3 heteroatoms. The van der Waals surface area contributed by atoms with Crippen molar-refractivity contribution in [1.82, 2.24) is 4.90 Å². The van der Waals surface area contributed by atoms with Gasteiger partial charge in [-0.1, -0.05) is 43.2 Å². The van der Waals surface area contributed by atoms with Crippen LogP contribution in [-0.4, -0.2) is 35.2 Å². The molecule has 19 heavy (non-hydrogen) atoms. The number of rotatable bonds is 6. The van der Waals surface area contributed by atoms with Crippen LogP contribution < -0.4 is 5.73 Å². The molecular weight excluding hydrogens is 236 g/mol. The summed E-state index contributed by atoms with van der Waals surface area (Å²) in [5.41, 5.74) is 7.51. The molecule has 1 aromatic rings. The summed E-state index contributed by atoms with van der Waals surface area (Å²) < 4.78 is 0. The number of aliphatic hydroxyl groups excluding tert-OH is 1. The van der Waals surface area contributed by atoms with Gasteiger partial charge in [0, 0.05) is 24.7 Å². The van der Waals surface area contributed by atoms with E-state index >= 15 is 0 Å². The highest BCUT2D eigenvalue weighted by Gasteiger charge is 2.31. The molecule has 0 amide bonds. The molecule has 0 aromatic heterocycles. The van der Waals surface area contributed by atoms with E-state index in [4.69, 9.17) is 5.73 Å². The van der Waals surface area contributed by atoms with E-state index in [9.17, 15) is 5.11 Å². The first-order valence-electron chi connectivity index (χ1n) is 7.41. The third kappa shape index (κ3) is 3.56. The van der Waals surface area contributed by atoms with Gasteiger partial charge in [-0.15, -0.1) is 0 Å². The highest BCUT2D eigenvalue weighted by atomic mass is 16.3. The molecule has 3 nitrogen and oxygen atoms in total. The first-order valence-corrected chi connectivity index (χ1v) is 7.41. The Labute approximate surface area is 116 Å². The van der Waals surface area contributed by atoms with Gasteiger partial charge in [0.2, 0.25) is 0 Å². The average molecular weight is 262 g/mol. The Morgan fingerprint density at radius 3 is 2.42 bits per heavy atom. The van der Waals surface area contributed by atoms with E-state index < -0.39 is 0 Å². The summed E-state index contributed by atoms with van der Waals surface area (Å²) in [5.74, 6) is 0. The van der Waals surface area contributed by atoms with Crippen LogP contribution in [0.25, 0.3) is 0 Å². The summed E-state index contributed by atoms with van der Waals surface area (Å²) in [5, 5.41) is 9.39. The molecule has 1 fully saturated rings. The Morgan fingerprint density at radius 1 is 1.26 bits per heavy atom. The average Bonchev–Trinajstić information content (AvgIpc) is 2.93. The maximum atomic E-state index is 9.39. The second-order valence-corrected chi connectivity index (χ2v) is 5.61. The van der Waals surface area contributed by atoms with E-state index in [2.05, 4.69) is 36.1 Å². The van der Waals surface area contributed by atoms with E-state index in [1.165, 1.54) is 31.2 Å². The molecule has 0 aliphatic heterocycles. The summed E-state index contributed by atoms with van der Waals surface area (Å²) in [7, 11) is 0. The van der Waals surface area contributed by atoms with Crippen molar-refractivity contribution >= 4 is 0 Å². The molecule has 106 valence electrons. The van der Waals surface area contributed by atoms with Gasteiger partial charge in [-0.25, -0.2) is 0 Å². The minimum Gasteiger partial charge on any atom is -0.395 e. The summed E-state index contributed by atoms with van der Waals surface area (Å²) in [6, 6.07) is 11.3. The van der Waals surface area contributed by atoms with Crippen molar-refractivity contribution in [3.8, 4) is 0 Å². The Balaban J connectivity index is 2.23. The minimum absolute atomic E-state index is 0.0644. The van der Waals surface area contributed by atoms with E-state index in [-0.39, 0.29) is 18.7 Å². The van der Waals surface area contributed by atoms with Gasteiger partial charge in [-0.3, -0.25) is 4.90 Å². The standard InChI is InChI=1S/C16H26N2O/c1-13(17)16(14-7-3-2-4-8-14)18(11-12-19)15-9-5-6-10-15/h2-4,7-8,13,15-16,19H,5-6,9-12,17H2,1H3. The molecule has 1 aliphatic rings.